The van der Waals surface area contributed by atoms with Gasteiger partial charge >= 0.3 is 0 Å². The Morgan fingerprint density at radius 1 is 1.29 bits per heavy atom. The molecule has 0 radical (unpaired) electrons. The number of ether oxygens (including phenoxy) is 1. The smallest absolute Gasteiger partial charge is 0.269 e. The number of thiazole rings is 1. The predicted octanol–water partition coefficient (Wildman–Crippen LogP) is 3.35. The molecule has 2 amide bonds. The van der Waals surface area contributed by atoms with Crippen LogP contribution in [0.4, 0.5) is 11.5 Å². The van der Waals surface area contributed by atoms with Crippen LogP contribution in [0.5, 0.6) is 5.75 Å². The third-order valence-corrected chi connectivity index (χ3v) is 4.98. The number of carbonyl (C=O) groups excluding carboxylic acids is 2. The highest BCUT2D eigenvalue weighted by molar-refractivity contribution is 7.07. The molecular weight excluding hydrogens is 376 g/mol. The van der Waals surface area contributed by atoms with E-state index in [1.165, 1.54) is 16.2 Å². The van der Waals surface area contributed by atoms with Gasteiger partial charge in [0.15, 0.2) is 11.9 Å². The van der Waals surface area contributed by atoms with Crippen LogP contribution in [0.1, 0.15) is 13.3 Å². The van der Waals surface area contributed by atoms with Crippen molar-refractivity contribution in [2.24, 2.45) is 0 Å². The monoisotopic (exact) mass is 394 g/mol. The van der Waals surface area contributed by atoms with E-state index in [1.54, 1.807) is 23.8 Å². The van der Waals surface area contributed by atoms with Gasteiger partial charge < -0.3 is 10.1 Å². The summed E-state index contributed by atoms with van der Waals surface area (Å²) in [6.07, 6.45) is 1.34. The summed E-state index contributed by atoms with van der Waals surface area (Å²) in [5.41, 5.74) is 4.20. The summed E-state index contributed by atoms with van der Waals surface area (Å²) in [6.45, 7) is 1.79. The van der Waals surface area contributed by atoms with Gasteiger partial charge in [-0.2, -0.15) is 0 Å². The van der Waals surface area contributed by atoms with Crippen LogP contribution in [-0.4, -0.2) is 34.4 Å². The van der Waals surface area contributed by atoms with Gasteiger partial charge in [0, 0.05) is 17.1 Å². The highest BCUT2D eigenvalue weighted by Gasteiger charge is 2.32. The molecule has 0 spiro atoms. The normalized spacial score (nSPS) is 14.2. The SMILES string of the molecule is CCC(Oc1ccc(-c2cscn2)cc1)C(=O)N1CC(=O)Nc2cccnc21. The number of rotatable bonds is 5. The topological polar surface area (TPSA) is 84.4 Å². The maximum atomic E-state index is 13.1. The number of fused-ring (bicyclic) bond motifs is 1. The minimum absolute atomic E-state index is 0.0779. The van der Waals surface area contributed by atoms with Crippen molar-refractivity contribution in [2.75, 3.05) is 16.8 Å². The first-order valence-electron chi connectivity index (χ1n) is 8.87. The van der Waals surface area contributed by atoms with Crippen LogP contribution in [0, 0.1) is 0 Å². The van der Waals surface area contributed by atoms with E-state index < -0.39 is 6.10 Å². The summed E-state index contributed by atoms with van der Waals surface area (Å²) in [4.78, 5) is 35.0. The standard InChI is InChI=1S/C20H18N4O3S/c1-2-17(27-14-7-5-13(6-8-14)16-11-28-12-22-16)20(26)24-10-18(25)23-15-4-3-9-21-19(15)24/h3-9,11-12,17H,2,10H2,1H3,(H,23,25). The van der Waals surface area contributed by atoms with Crippen LogP contribution in [-0.2, 0) is 9.59 Å². The lowest BCUT2D eigenvalue weighted by atomic mass is 10.1. The highest BCUT2D eigenvalue weighted by atomic mass is 32.1. The third-order valence-electron chi connectivity index (χ3n) is 4.39. The minimum Gasteiger partial charge on any atom is -0.481 e. The van der Waals surface area contributed by atoms with E-state index in [1.807, 2.05) is 36.6 Å². The summed E-state index contributed by atoms with van der Waals surface area (Å²) in [5, 5.41) is 4.70. The van der Waals surface area contributed by atoms with E-state index in [4.69, 9.17) is 4.74 Å². The summed E-state index contributed by atoms with van der Waals surface area (Å²) in [6, 6.07) is 10.9. The molecule has 28 heavy (non-hydrogen) atoms. The number of carbonyl (C=O) groups is 2. The van der Waals surface area contributed by atoms with Gasteiger partial charge in [-0.25, -0.2) is 9.97 Å². The molecule has 8 heteroatoms. The fraction of sp³-hybridized carbons (Fsp3) is 0.200. The van der Waals surface area contributed by atoms with Gasteiger partial charge in [-0.3, -0.25) is 14.5 Å². The molecule has 3 heterocycles. The molecule has 1 aliphatic rings. The fourth-order valence-corrected chi connectivity index (χ4v) is 3.57. The van der Waals surface area contributed by atoms with Gasteiger partial charge in [0.1, 0.15) is 12.3 Å². The van der Waals surface area contributed by atoms with Gasteiger partial charge in [0.25, 0.3) is 5.91 Å². The molecule has 0 aliphatic carbocycles. The van der Waals surface area contributed by atoms with Gasteiger partial charge in [-0.1, -0.05) is 6.92 Å². The predicted molar refractivity (Wildman–Crippen MR) is 107 cm³/mol. The molecule has 0 fully saturated rings. The minimum atomic E-state index is -0.717. The van der Waals surface area contributed by atoms with Crippen molar-refractivity contribution in [3.8, 4) is 17.0 Å². The quantitative estimate of drug-likeness (QED) is 0.717. The molecule has 4 rings (SSSR count). The van der Waals surface area contributed by atoms with E-state index in [0.29, 0.717) is 23.7 Å². The maximum Gasteiger partial charge on any atom is 0.269 e. The van der Waals surface area contributed by atoms with Gasteiger partial charge in [-0.15, -0.1) is 11.3 Å². The molecule has 1 atom stereocenters. The Morgan fingerprint density at radius 3 is 2.82 bits per heavy atom. The van der Waals surface area contributed by atoms with Gasteiger partial charge in [0.05, 0.1) is 16.9 Å². The largest absolute Gasteiger partial charge is 0.481 e. The van der Waals surface area contributed by atoms with Crippen molar-refractivity contribution >= 4 is 34.7 Å². The zero-order valence-electron chi connectivity index (χ0n) is 15.2. The number of nitrogens with one attached hydrogen (secondary N) is 1. The fourth-order valence-electron chi connectivity index (χ4n) is 3.01. The molecule has 3 aromatic rings. The Hall–Kier alpha value is -3.26. The van der Waals surface area contributed by atoms with Crippen LogP contribution in [0.2, 0.25) is 0 Å². The number of anilines is 2. The number of amides is 2. The van der Waals surface area contributed by atoms with Crippen molar-refractivity contribution in [1.82, 2.24) is 9.97 Å². The average Bonchev–Trinajstić information content (AvgIpc) is 3.26. The molecule has 0 bridgehead atoms. The zero-order valence-corrected chi connectivity index (χ0v) is 16.0. The number of benzene rings is 1. The van der Waals surface area contributed by atoms with E-state index in [2.05, 4.69) is 15.3 Å². The maximum absolute atomic E-state index is 13.1. The van der Waals surface area contributed by atoms with Crippen molar-refractivity contribution in [2.45, 2.75) is 19.4 Å². The van der Waals surface area contributed by atoms with Gasteiger partial charge in [-0.05, 0) is 42.8 Å². The van der Waals surface area contributed by atoms with Crippen molar-refractivity contribution in [1.29, 1.82) is 0 Å². The van der Waals surface area contributed by atoms with Crippen LogP contribution in [0.25, 0.3) is 11.3 Å². The summed E-state index contributed by atoms with van der Waals surface area (Å²) >= 11 is 1.54. The summed E-state index contributed by atoms with van der Waals surface area (Å²) in [5.74, 6) is 0.479. The third kappa shape index (κ3) is 3.59. The second-order valence-electron chi connectivity index (χ2n) is 6.26. The average molecular weight is 394 g/mol. The van der Waals surface area contributed by atoms with Crippen LogP contribution in [0.15, 0.2) is 53.5 Å². The molecule has 1 N–H and O–H groups in total. The van der Waals surface area contributed by atoms with Crippen molar-refractivity contribution in [3.05, 3.63) is 53.5 Å². The molecule has 142 valence electrons. The van der Waals surface area contributed by atoms with Crippen LogP contribution in [0.3, 0.4) is 0 Å². The van der Waals surface area contributed by atoms with Crippen LogP contribution < -0.4 is 15.0 Å². The molecule has 2 aromatic heterocycles. The molecule has 0 saturated heterocycles. The Labute approximate surface area is 166 Å². The van der Waals surface area contributed by atoms with E-state index in [9.17, 15) is 9.59 Å². The number of nitrogens with zero attached hydrogens (tertiary/aromatic N) is 3. The van der Waals surface area contributed by atoms with E-state index in [0.717, 1.165) is 11.3 Å². The Balaban J connectivity index is 1.53. The lowest BCUT2D eigenvalue weighted by Crippen LogP contribution is -2.48. The second kappa shape index (κ2) is 7.77. The lowest BCUT2D eigenvalue weighted by Gasteiger charge is -2.30. The van der Waals surface area contributed by atoms with E-state index >= 15 is 0 Å². The number of hydrogen-bond donors (Lipinski definition) is 1. The Kier molecular flexibility index (Phi) is 5.03. The summed E-state index contributed by atoms with van der Waals surface area (Å²) < 4.78 is 5.93. The molecule has 1 unspecified atom stereocenters. The molecule has 7 nitrogen and oxygen atoms in total. The Bertz CT molecular complexity index is 989. The summed E-state index contributed by atoms with van der Waals surface area (Å²) in [7, 11) is 0. The van der Waals surface area contributed by atoms with Crippen LogP contribution >= 0.6 is 11.3 Å². The van der Waals surface area contributed by atoms with Crippen molar-refractivity contribution in [3.63, 3.8) is 0 Å². The highest BCUT2D eigenvalue weighted by Crippen LogP contribution is 2.28. The Morgan fingerprint density at radius 2 is 2.11 bits per heavy atom. The van der Waals surface area contributed by atoms with Crippen molar-refractivity contribution < 1.29 is 14.3 Å². The molecule has 1 aliphatic heterocycles. The zero-order chi connectivity index (χ0) is 19.5. The first-order valence-corrected chi connectivity index (χ1v) is 9.81. The number of pyridine rings is 1. The number of aromatic nitrogens is 2. The van der Waals surface area contributed by atoms with Gasteiger partial charge in [0.2, 0.25) is 5.91 Å². The molecule has 0 saturated carbocycles. The van der Waals surface area contributed by atoms with E-state index in [-0.39, 0.29) is 18.4 Å². The lowest BCUT2D eigenvalue weighted by molar-refractivity contribution is -0.127. The first kappa shape index (κ1) is 18.1. The first-order chi connectivity index (χ1) is 13.7. The number of hydrogen-bond acceptors (Lipinski definition) is 6. The molecule has 1 aromatic carbocycles. The second-order valence-corrected chi connectivity index (χ2v) is 6.98. The molecular formula is C20H18N4O3S.